The minimum Gasteiger partial charge on any atom is -0.369 e. The van der Waals surface area contributed by atoms with Gasteiger partial charge in [0.1, 0.15) is 11.5 Å². The molecule has 0 aliphatic rings. The molecule has 19 heavy (non-hydrogen) atoms. The van der Waals surface area contributed by atoms with E-state index in [1.54, 1.807) is 6.20 Å². The zero-order chi connectivity index (χ0) is 13.8. The van der Waals surface area contributed by atoms with Gasteiger partial charge in [-0.1, -0.05) is 13.0 Å². The standard InChI is InChI=1S/C14H17BrN4/c1-4-5-16-13-11(15)8-18-14(19-13)12-10(3)6-9(2)7-17-12/h6-8H,4-5H2,1-3H3,(H,16,18,19). The molecule has 100 valence electrons. The van der Waals surface area contributed by atoms with E-state index in [4.69, 9.17) is 0 Å². The summed E-state index contributed by atoms with van der Waals surface area (Å²) < 4.78 is 0.870. The highest BCUT2D eigenvalue weighted by atomic mass is 79.9. The smallest absolute Gasteiger partial charge is 0.180 e. The first-order valence-corrected chi connectivity index (χ1v) is 7.11. The van der Waals surface area contributed by atoms with Crippen molar-refractivity contribution >= 4 is 21.7 Å². The first-order valence-electron chi connectivity index (χ1n) is 6.32. The third-order valence-corrected chi connectivity index (χ3v) is 3.29. The van der Waals surface area contributed by atoms with Gasteiger partial charge in [0, 0.05) is 18.9 Å². The van der Waals surface area contributed by atoms with Gasteiger partial charge >= 0.3 is 0 Å². The van der Waals surface area contributed by atoms with Gasteiger partial charge in [0.15, 0.2) is 5.82 Å². The van der Waals surface area contributed by atoms with Crippen LogP contribution in [0.2, 0.25) is 0 Å². The average molecular weight is 321 g/mol. The molecule has 1 N–H and O–H groups in total. The van der Waals surface area contributed by atoms with E-state index in [-0.39, 0.29) is 0 Å². The molecular formula is C14H17BrN4. The molecule has 0 aromatic carbocycles. The number of hydrogen-bond acceptors (Lipinski definition) is 4. The highest BCUT2D eigenvalue weighted by molar-refractivity contribution is 9.10. The third kappa shape index (κ3) is 3.29. The fourth-order valence-electron chi connectivity index (χ4n) is 1.80. The lowest BCUT2D eigenvalue weighted by atomic mass is 10.1. The topological polar surface area (TPSA) is 50.7 Å². The number of nitrogens with zero attached hydrogens (tertiary/aromatic N) is 3. The monoisotopic (exact) mass is 320 g/mol. The fraction of sp³-hybridized carbons (Fsp3) is 0.357. The molecule has 0 saturated heterocycles. The molecule has 0 bridgehead atoms. The summed E-state index contributed by atoms with van der Waals surface area (Å²) in [6.07, 6.45) is 4.65. The molecule has 0 fully saturated rings. The van der Waals surface area contributed by atoms with Crippen LogP contribution in [-0.4, -0.2) is 21.5 Å². The van der Waals surface area contributed by atoms with Crippen LogP contribution in [0.25, 0.3) is 11.5 Å². The predicted molar refractivity (Wildman–Crippen MR) is 81.2 cm³/mol. The average Bonchev–Trinajstić information content (AvgIpc) is 2.38. The Morgan fingerprint density at radius 1 is 1.21 bits per heavy atom. The minimum atomic E-state index is 0.652. The van der Waals surface area contributed by atoms with Crippen LogP contribution in [0.1, 0.15) is 24.5 Å². The van der Waals surface area contributed by atoms with Crippen molar-refractivity contribution in [1.29, 1.82) is 0 Å². The first-order chi connectivity index (χ1) is 9.11. The number of aryl methyl sites for hydroxylation is 2. The van der Waals surface area contributed by atoms with Gasteiger partial charge in [-0.15, -0.1) is 0 Å². The minimum absolute atomic E-state index is 0.652. The van der Waals surface area contributed by atoms with Crippen LogP contribution in [-0.2, 0) is 0 Å². The molecule has 2 heterocycles. The summed E-state index contributed by atoms with van der Waals surface area (Å²) in [4.78, 5) is 13.3. The van der Waals surface area contributed by atoms with Crippen molar-refractivity contribution in [3.8, 4) is 11.5 Å². The SMILES string of the molecule is CCCNc1nc(-c2ncc(C)cc2C)ncc1Br. The largest absolute Gasteiger partial charge is 0.369 e. The quantitative estimate of drug-likeness (QED) is 0.932. The second kappa shape index (κ2) is 6.10. The van der Waals surface area contributed by atoms with Gasteiger partial charge in [0.05, 0.1) is 4.47 Å². The summed E-state index contributed by atoms with van der Waals surface area (Å²) in [5.74, 6) is 1.47. The van der Waals surface area contributed by atoms with Crippen LogP contribution in [0.15, 0.2) is 22.9 Å². The Kier molecular flexibility index (Phi) is 4.47. The molecule has 2 aromatic rings. The van der Waals surface area contributed by atoms with Crippen molar-refractivity contribution in [2.24, 2.45) is 0 Å². The molecule has 2 aromatic heterocycles. The summed E-state index contributed by atoms with van der Waals surface area (Å²) in [5.41, 5.74) is 3.06. The molecule has 0 aliphatic heterocycles. The van der Waals surface area contributed by atoms with Crippen LogP contribution < -0.4 is 5.32 Å². The third-order valence-electron chi connectivity index (χ3n) is 2.71. The number of rotatable bonds is 4. The maximum atomic E-state index is 4.54. The van der Waals surface area contributed by atoms with Gasteiger partial charge in [-0.05, 0) is 47.3 Å². The second-order valence-corrected chi connectivity index (χ2v) is 5.35. The Morgan fingerprint density at radius 2 is 2.00 bits per heavy atom. The van der Waals surface area contributed by atoms with Crippen molar-refractivity contribution in [3.05, 3.63) is 34.1 Å². The number of anilines is 1. The molecule has 0 spiro atoms. The fourth-order valence-corrected chi connectivity index (χ4v) is 2.13. The summed E-state index contributed by atoms with van der Waals surface area (Å²) in [7, 11) is 0. The Bertz CT molecular complexity index is 584. The summed E-state index contributed by atoms with van der Waals surface area (Å²) in [5, 5.41) is 3.28. The van der Waals surface area contributed by atoms with Crippen LogP contribution >= 0.6 is 15.9 Å². The second-order valence-electron chi connectivity index (χ2n) is 4.50. The summed E-state index contributed by atoms with van der Waals surface area (Å²) in [6, 6.07) is 2.09. The Labute approximate surface area is 121 Å². The van der Waals surface area contributed by atoms with Gasteiger partial charge in [0.25, 0.3) is 0 Å². The molecule has 0 atom stereocenters. The maximum absolute atomic E-state index is 4.54. The van der Waals surface area contributed by atoms with E-state index >= 15 is 0 Å². The van der Waals surface area contributed by atoms with Crippen molar-refractivity contribution in [2.75, 3.05) is 11.9 Å². The van der Waals surface area contributed by atoms with E-state index in [1.165, 1.54) is 0 Å². The Hall–Kier alpha value is -1.49. The highest BCUT2D eigenvalue weighted by Crippen LogP contribution is 2.24. The van der Waals surface area contributed by atoms with Crippen LogP contribution in [0.5, 0.6) is 0 Å². The molecular weight excluding hydrogens is 304 g/mol. The van der Waals surface area contributed by atoms with Crippen molar-refractivity contribution in [1.82, 2.24) is 15.0 Å². The lowest BCUT2D eigenvalue weighted by Crippen LogP contribution is -2.05. The highest BCUT2D eigenvalue weighted by Gasteiger charge is 2.10. The van der Waals surface area contributed by atoms with E-state index in [9.17, 15) is 0 Å². The Morgan fingerprint density at radius 3 is 2.68 bits per heavy atom. The molecule has 5 heteroatoms. The maximum Gasteiger partial charge on any atom is 0.180 e. The van der Waals surface area contributed by atoms with Gasteiger partial charge in [0.2, 0.25) is 0 Å². The molecule has 0 radical (unpaired) electrons. The summed E-state index contributed by atoms with van der Waals surface area (Å²) in [6.45, 7) is 7.06. The molecule has 2 rings (SSSR count). The van der Waals surface area contributed by atoms with Gasteiger partial charge in [-0.25, -0.2) is 9.97 Å². The lowest BCUT2D eigenvalue weighted by molar-refractivity contribution is 0.961. The van der Waals surface area contributed by atoms with E-state index in [0.717, 1.165) is 40.1 Å². The summed E-state index contributed by atoms with van der Waals surface area (Å²) >= 11 is 3.46. The molecule has 0 saturated carbocycles. The normalized spacial score (nSPS) is 10.5. The van der Waals surface area contributed by atoms with Crippen LogP contribution in [0, 0.1) is 13.8 Å². The zero-order valence-corrected chi connectivity index (χ0v) is 13.0. The number of hydrogen-bond donors (Lipinski definition) is 1. The first kappa shape index (κ1) is 13.9. The van der Waals surface area contributed by atoms with Crippen molar-refractivity contribution in [3.63, 3.8) is 0 Å². The number of nitrogens with one attached hydrogen (secondary N) is 1. The Balaban J connectivity index is 2.39. The molecule has 0 aliphatic carbocycles. The molecule has 0 amide bonds. The van der Waals surface area contributed by atoms with E-state index in [2.05, 4.69) is 49.2 Å². The van der Waals surface area contributed by atoms with Gasteiger partial charge in [-0.2, -0.15) is 0 Å². The van der Waals surface area contributed by atoms with E-state index < -0.39 is 0 Å². The van der Waals surface area contributed by atoms with E-state index in [1.807, 2.05) is 20.0 Å². The zero-order valence-electron chi connectivity index (χ0n) is 11.4. The number of pyridine rings is 1. The molecule has 4 nitrogen and oxygen atoms in total. The van der Waals surface area contributed by atoms with Crippen LogP contribution in [0.4, 0.5) is 5.82 Å². The van der Waals surface area contributed by atoms with Crippen molar-refractivity contribution in [2.45, 2.75) is 27.2 Å². The molecule has 0 unspecified atom stereocenters. The van der Waals surface area contributed by atoms with Gasteiger partial charge < -0.3 is 5.32 Å². The van der Waals surface area contributed by atoms with Crippen LogP contribution in [0.3, 0.4) is 0 Å². The van der Waals surface area contributed by atoms with E-state index in [0.29, 0.717) is 5.82 Å². The lowest BCUT2D eigenvalue weighted by Gasteiger charge is -2.09. The number of aromatic nitrogens is 3. The predicted octanol–water partition coefficient (Wildman–Crippen LogP) is 3.74. The van der Waals surface area contributed by atoms with Gasteiger partial charge in [-0.3, -0.25) is 4.98 Å². The van der Waals surface area contributed by atoms with Crippen molar-refractivity contribution < 1.29 is 0 Å². The number of halogens is 1.